The molecule has 1 atom stereocenters. The topological polar surface area (TPSA) is 63.6 Å². The number of ether oxygens (including phenoxy) is 1. The number of carbonyl (C=O) groups is 1. The summed E-state index contributed by atoms with van der Waals surface area (Å²) in [4.78, 5) is 21.0. The van der Waals surface area contributed by atoms with Gasteiger partial charge in [0.15, 0.2) is 0 Å². The van der Waals surface area contributed by atoms with Crippen LogP contribution in [0.25, 0.3) is 0 Å². The number of para-hydroxylation sites is 1. The van der Waals surface area contributed by atoms with Crippen molar-refractivity contribution in [1.82, 2.24) is 10.3 Å². The second-order valence-electron chi connectivity index (χ2n) is 6.11. The summed E-state index contributed by atoms with van der Waals surface area (Å²) in [6.45, 7) is 0.185. The second kappa shape index (κ2) is 5.55. The number of aromatic nitrogens is 1. The van der Waals surface area contributed by atoms with E-state index in [0.29, 0.717) is 16.9 Å². The molecule has 1 spiro atoms. The Kier molecular flexibility index (Phi) is 3.54. The van der Waals surface area contributed by atoms with Crippen molar-refractivity contribution in [1.29, 1.82) is 0 Å². The van der Waals surface area contributed by atoms with E-state index in [1.165, 1.54) is 6.07 Å². The van der Waals surface area contributed by atoms with Crippen molar-refractivity contribution in [3.8, 4) is 5.75 Å². The molecule has 1 N–H and O–H groups in total. The average molecular weight is 361 g/mol. The molecule has 5 nitrogen and oxygen atoms in total. The van der Waals surface area contributed by atoms with Gasteiger partial charge in [-0.05, 0) is 18.2 Å². The number of fused-ring (bicyclic) bond motifs is 4. The Morgan fingerprint density at radius 1 is 1.19 bits per heavy atom. The number of nitrogens with zero attached hydrogens (tertiary/aromatic N) is 2. The zero-order valence-electron chi connectivity index (χ0n) is 13.7. The van der Waals surface area contributed by atoms with Crippen LogP contribution in [-0.2, 0) is 16.4 Å². The van der Waals surface area contributed by atoms with Crippen LogP contribution in [0, 0.1) is 0 Å². The number of benzene rings is 1. The molecule has 2 aliphatic rings. The fourth-order valence-corrected chi connectivity index (χ4v) is 3.54. The molecule has 3 heterocycles. The fraction of sp³-hybridized carbons (Fsp3) is 0.278. The van der Waals surface area contributed by atoms with Crippen LogP contribution in [0.15, 0.2) is 41.4 Å². The van der Waals surface area contributed by atoms with E-state index in [1.807, 2.05) is 0 Å². The number of hydrogen-bond donors (Lipinski definition) is 1. The largest absolute Gasteiger partial charge is 0.493 e. The van der Waals surface area contributed by atoms with Crippen molar-refractivity contribution in [2.75, 3.05) is 13.7 Å². The zero-order valence-corrected chi connectivity index (χ0v) is 13.7. The van der Waals surface area contributed by atoms with Crippen LogP contribution < -0.4 is 10.1 Å². The van der Waals surface area contributed by atoms with E-state index >= 15 is 0 Å². The maximum Gasteiger partial charge on any atom is 0.433 e. The molecule has 1 aromatic carbocycles. The first-order valence-corrected chi connectivity index (χ1v) is 8.00. The molecule has 0 bridgehead atoms. The molecule has 0 aliphatic carbocycles. The van der Waals surface area contributed by atoms with E-state index in [2.05, 4.69) is 15.3 Å². The number of amidine groups is 1. The first kappa shape index (κ1) is 16.6. The van der Waals surface area contributed by atoms with Gasteiger partial charge in [-0.3, -0.25) is 4.79 Å². The summed E-state index contributed by atoms with van der Waals surface area (Å²) in [6.07, 6.45) is -4.44. The number of carbonyl (C=O) groups excluding carboxylic acids is 1. The number of hydrogen-bond acceptors (Lipinski definition) is 4. The second-order valence-corrected chi connectivity index (χ2v) is 6.11. The summed E-state index contributed by atoms with van der Waals surface area (Å²) in [6, 6.07) is 9.04. The van der Waals surface area contributed by atoms with Gasteiger partial charge in [-0.15, -0.1) is 0 Å². The molecule has 1 unspecified atom stereocenters. The van der Waals surface area contributed by atoms with Crippen molar-refractivity contribution in [2.24, 2.45) is 4.99 Å². The van der Waals surface area contributed by atoms with Crippen LogP contribution in [0.3, 0.4) is 0 Å². The summed E-state index contributed by atoms with van der Waals surface area (Å²) < 4.78 is 45.4. The summed E-state index contributed by atoms with van der Waals surface area (Å²) in [5.41, 5.74) is -1.48. The minimum atomic E-state index is -4.61. The van der Waals surface area contributed by atoms with Crippen molar-refractivity contribution >= 4 is 11.7 Å². The Morgan fingerprint density at radius 2 is 1.96 bits per heavy atom. The van der Waals surface area contributed by atoms with E-state index in [9.17, 15) is 18.0 Å². The SMILES string of the molecule is CNC1=NC(=O)C2(CCOc3ccccc32)c2nc(C(F)(F)F)ccc21. The maximum atomic E-state index is 13.3. The van der Waals surface area contributed by atoms with Gasteiger partial charge in [-0.2, -0.15) is 18.2 Å². The predicted molar refractivity (Wildman–Crippen MR) is 87.2 cm³/mol. The van der Waals surface area contributed by atoms with E-state index in [1.54, 1.807) is 31.3 Å². The van der Waals surface area contributed by atoms with Gasteiger partial charge in [0.05, 0.1) is 12.3 Å². The van der Waals surface area contributed by atoms with Gasteiger partial charge in [0.25, 0.3) is 5.91 Å². The number of nitrogens with one attached hydrogen (secondary N) is 1. The highest BCUT2D eigenvalue weighted by Crippen LogP contribution is 2.47. The lowest BCUT2D eigenvalue weighted by atomic mass is 9.69. The first-order chi connectivity index (χ1) is 12.4. The molecule has 0 saturated carbocycles. The summed E-state index contributed by atoms with van der Waals surface area (Å²) in [7, 11) is 1.56. The number of amides is 1. The molecule has 1 aromatic heterocycles. The number of pyridine rings is 1. The summed E-state index contributed by atoms with van der Waals surface area (Å²) in [5, 5.41) is 2.77. The predicted octanol–water partition coefficient (Wildman–Crippen LogP) is 2.68. The van der Waals surface area contributed by atoms with Gasteiger partial charge in [-0.25, -0.2) is 4.98 Å². The molecule has 2 aliphatic heterocycles. The molecule has 0 radical (unpaired) electrons. The molecule has 134 valence electrons. The van der Waals surface area contributed by atoms with Gasteiger partial charge < -0.3 is 10.1 Å². The number of rotatable bonds is 0. The third-order valence-corrected chi connectivity index (χ3v) is 4.74. The molecule has 0 saturated heterocycles. The van der Waals surface area contributed by atoms with E-state index in [-0.39, 0.29) is 24.6 Å². The number of aliphatic imine (C=N–C) groups is 1. The highest BCUT2D eigenvalue weighted by atomic mass is 19.4. The molecule has 8 heteroatoms. The fourth-order valence-electron chi connectivity index (χ4n) is 3.54. The van der Waals surface area contributed by atoms with Gasteiger partial charge >= 0.3 is 6.18 Å². The quantitative estimate of drug-likeness (QED) is 0.784. The van der Waals surface area contributed by atoms with Gasteiger partial charge in [-0.1, -0.05) is 18.2 Å². The smallest absolute Gasteiger partial charge is 0.433 e. The third kappa shape index (κ3) is 2.21. The van der Waals surface area contributed by atoms with Crippen LogP contribution in [-0.4, -0.2) is 30.4 Å². The lowest BCUT2D eigenvalue weighted by Gasteiger charge is -2.39. The molecule has 4 rings (SSSR count). The van der Waals surface area contributed by atoms with E-state index in [4.69, 9.17) is 4.74 Å². The van der Waals surface area contributed by atoms with Gasteiger partial charge in [0.1, 0.15) is 22.7 Å². The lowest BCUT2D eigenvalue weighted by Crippen LogP contribution is -2.47. The monoisotopic (exact) mass is 361 g/mol. The van der Waals surface area contributed by atoms with Crippen LogP contribution in [0.1, 0.15) is 28.9 Å². The van der Waals surface area contributed by atoms with Crippen molar-refractivity contribution < 1.29 is 22.7 Å². The Bertz CT molecular complexity index is 940. The molecule has 0 fully saturated rings. The molecular weight excluding hydrogens is 347 g/mol. The first-order valence-electron chi connectivity index (χ1n) is 8.00. The van der Waals surface area contributed by atoms with Crippen LogP contribution in [0.4, 0.5) is 13.2 Å². The van der Waals surface area contributed by atoms with E-state index in [0.717, 1.165) is 6.07 Å². The minimum Gasteiger partial charge on any atom is -0.493 e. The summed E-state index contributed by atoms with van der Waals surface area (Å²) >= 11 is 0. The molecular formula is C18H14F3N3O2. The summed E-state index contributed by atoms with van der Waals surface area (Å²) in [5.74, 6) is 0.123. The molecule has 1 amide bonds. The average Bonchev–Trinajstić information content (AvgIpc) is 2.63. The van der Waals surface area contributed by atoms with Crippen LogP contribution in [0.5, 0.6) is 5.75 Å². The van der Waals surface area contributed by atoms with Gasteiger partial charge in [0, 0.05) is 24.6 Å². The van der Waals surface area contributed by atoms with Crippen molar-refractivity contribution in [2.45, 2.75) is 18.0 Å². The zero-order chi connectivity index (χ0) is 18.5. The maximum absolute atomic E-state index is 13.3. The van der Waals surface area contributed by atoms with Crippen molar-refractivity contribution in [3.05, 3.63) is 58.9 Å². The minimum absolute atomic E-state index is 0.0624. The normalized spacial score (nSPS) is 21.5. The Balaban J connectivity index is 2.05. The Labute approximate surface area is 146 Å². The third-order valence-electron chi connectivity index (χ3n) is 4.74. The highest BCUT2D eigenvalue weighted by Gasteiger charge is 2.52. The Hall–Kier alpha value is -2.90. The number of alkyl halides is 3. The van der Waals surface area contributed by atoms with Crippen LogP contribution >= 0.6 is 0 Å². The Morgan fingerprint density at radius 3 is 2.69 bits per heavy atom. The highest BCUT2D eigenvalue weighted by molar-refractivity contribution is 6.13. The van der Waals surface area contributed by atoms with E-state index < -0.39 is 23.2 Å². The van der Waals surface area contributed by atoms with Gasteiger partial charge in [0.2, 0.25) is 0 Å². The molecule has 2 aromatic rings. The standard InChI is InChI=1S/C18H14F3N3O2/c1-22-15-10-6-7-13(18(19,20)21)23-14(10)17(16(25)24-15)8-9-26-12-5-3-2-4-11(12)17/h2-7H,8-9H2,1H3,(H,22,24,25). The van der Waals surface area contributed by atoms with Crippen molar-refractivity contribution in [3.63, 3.8) is 0 Å². The lowest BCUT2D eigenvalue weighted by molar-refractivity contribution is -0.141. The molecule has 26 heavy (non-hydrogen) atoms. The number of halogens is 3. The van der Waals surface area contributed by atoms with Crippen LogP contribution in [0.2, 0.25) is 0 Å².